The highest BCUT2D eigenvalue weighted by atomic mass is 19.4. The van der Waals surface area contributed by atoms with Crippen LogP contribution in [0.2, 0.25) is 0 Å². The van der Waals surface area contributed by atoms with Gasteiger partial charge in [-0.2, -0.15) is 39.5 Å². The van der Waals surface area contributed by atoms with Crippen molar-refractivity contribution in [3.63, 3.8) is 0 Å². The van der Waals surface area contributed by atoms with Crippen molar-refractivity contribution in [2.75, 3.05) is 6.61 Å². The highest BCUT2D eigenvalue weighted by Crippen LogP contribution is 2.64. The first-order valence-electron chi connectivity index (χ1n) is 37.2. The van der Waals surface area contributed by atoms with Gasteiger partial charge in [0.05, 0.1) is 39.6 Å². The van der Waals surface area contributed by atoms with E-state index in [1.807, 2.05) is 62.3 Å². The molecule has 9 rings (SSSR count). The Kier molecular flexibility index (Phi) is 30.6. The molecule has 4 bridgehead atoms. The zero-order valence-electron chi connectivity index (χ0n) is 65.4. The summed E-state index contributed by atoms with van der Waals surface area (Å²) in [7, 11) is 0. The van der Waals surface area contributed by atoms with Crippen molar-refractivity contribution in [2.24, 2.45) is 62.1 Å². The predicted octanol–water partition coefficient (Wildman–Crippen LogP) is 18.4. The largest absolute Gasteiger partial charge is 0.459 e. The molecule has 3 saturated heterocycles. The van der Waals surface area contributed by atoms with E-state index >= 15 is 0 Å². The lowest BCUT2D eigenvalue weighted by Gasteiger charge is -2.33. The fourth-order valence-electron chi connectivity index (χ4n) is 13.1. The average molecular weight is 1500 g/mol. The maximum Gasteiger partial charge on any atom is 0.434 e. The second kappa shape index (κ2) is 35.1. The van der Waals surface area contributed by atoms with Gasteiger partial charge in [0, 0.05) is 30.1 Å². The molecule has 8 aliphatic rings. The monoisotopic (exact) mass is 1500 g/mol. The summed E-state index contributed by atoms with van der Waals surface area (Å²) in [5.41, 5.74) is -2.11. The van der Waals surface area contributed by atoms with Gasteiger partial charge < -0.3 is 42.6 Å². The van der Waals surface area contributed by atoms with Crippen LogP contribution in [0.1, 0.15) is 279 Å². The number of carbonyl (C=O) groups excluding carboxylic acids is 8. The van der Waals surface area contributed by atoms with Crippen LogP contribution >= 0.6 is 0 Å². The molecule has 0 radical (unpaired) electrons. The minimum absolute atomic E-state index is 0.0197. The zero-order chi connectivity index (χ0) is 79.7. The number of esters is 8. The van der Waals surface area contributed by atoms with Crippen LogP contribution in [0.5, 0.6) is 0 Å². The Morgan fingerprint density at radius 1 is 0.538 bits per heavy atom. The number of fused-ring (bicyclic) bond motifs is 2. The molecule has 26 heteroatoms. The summed E-state index contributed by atoms with van der Waals surface area (Å²) in [4.78, 5) is 95.7. The molecule has 3 aliphatic heterocycles. The summed E-state index contributed by atoms with van der Waals surface area (Å²) in [5, 5.41) is 0. The molecule has 13 unspecified atom stereocenters. The Labute approximate surface area is 609 Å². The van der Waals surface area contributed by atoms with Gasteiger partial charge in [-0.25, -0.2) is 0 Å². The first-order valence-corrected chi connectivity index (χ1v) is 37.2. The summed E-state index contributed by atoms with van der Waals surface area (Å²) in [6.07, 6.45) is -12.1. The van der Waals surface area contributed by atoms with E-state index in [1.165, 1.54) is 30.4 Å². The lowest BCUT2D eigenvalue weighted by Crippen LogP contribution is -2.51. The lowest BCUT2D eigenvalue weighted by molar-refractivity contribution is -0.315. The number of rotatable bonds is 20. The fraction of sp³-hybridized carbons (Fsp3) is 0.821. The molecule has 8 fully saturated rings. The van der Waals surface area contributed by atoms with Crippen LogP contribution in [0.15, 0.2) is 24.3 Å². The quantitative estimate of drug-likeness (QED) is 0.0513. The van der Waals surface area contributed by atoms with Crippen molar-refractivity contribution in [3.8, 4) is 0 Å². The molecule has 5 saturated carbocycles. The maximum absolute atomic E-state index is 12.8. The van der Waals surface area contributed by atoms with Gasteiger partial charge in [-0.1, -0.05) is 100 Å². The van der Waals surface area contributed by atoms with Crippen molar-refractivity contribution in [1.82, 2.24) is 0 Å². The second-order valence-corrected chi connectivity index (χ2v) is 33.6. The zero-order valence-corrected chi connectivity index (χ0v) is 65.4. The first kappa shape index (κ1) is 90.7. The van der Waals surface area contributed by atoms with Gasteiger partial charge in [-0.05, 0) is 201 Å². The summed E-state index contributed by atoms with van der Waals surface area (Å²) in [6.45, 7) is 42.3. The predicted molar refractivity (Wildman–Crippen MR) is 368 cm³/mol. The molecule has 13 atom stereocenters. The molecular weight excluding hydrogens is 1380 g/mol. The van der Waals surface area contributed by atoms with E-state index in [1.54, 1.807) is 41.5 Å². The Morgan fingerprint density at radius 3 is 1.42 bits per heavy atom. The summed E-state index contributed by atoms with van der Waals surface area (Å²) >= 11 is 0. The van der Waals surface area contributed by atoms with Gasteiger partial charge in [-0.15, -0.1) is 0 Å². The molecule has 0 aromatic heterocycles. The van der Waals surface area contributed by atoms with Gasteiger partial charge in [0.25, 0.3) is 6.10 Å². The van der Waals surface area contributed by atoms with Gasteiger partial charge in [0.1, 0.15) is 30.0 Å². The molecule has 3 heterocycles. The molecule has 596 valence electrons. The van der Waals surface area contributed by atoms with Gasteiger partial charge >= 0.3 is 66.3 Å². The smallest absolute Gasteiger partial charge is 0.434 e. The Hall–Kier alpha value is -5.69. The van der Waals surface area contributed by atoms with Crippen molar-refractivity contribution in [2.45, 2.75) is 340 Å². The highest BCUT2D eigenvalue weighted by Gasteiger charge is 2.77. The van der Waals surface area contributed by atoms with E-state index in [2.05, 4.69) is 75.3 Å². The van der Waals surface area contributed by atoms with Crippen molar-refractivity contribution in [3.05, 3.63) is 35.4 Å². The average Bonchev–Trinajstić information content (AvgIpc) is 1.53. The fourth-order valence-corrected chi connectivity index (χ4v) is 13.1. The van der Waals surface area contributed by atoms with E-state index < -0.39 is 107 Å². The SMILES string of the molecule is CCC(C)(C)C(=O)OC(C)C(F)(F)F.CCC(C)(C)C(=O)OC1C2CC3C(=O)OC1C3C2.CCC(C)(C)C(=O)OC1C2CC3C1OC(=O)C3(C(=O)OC(C(F)(F)F)C(F)(F)F)C2.CCC(C)(C)C(=O)OC1CCCO1.CCC(C)c1ccc(C(C)(C)C)cc1.CCC1(OC(=O)C(C)(C)CC)CCCC1. The van der Waals surface area contributed by atoms with Gasteiger partial charge in [-0.3, -0.25) is 38.4 Å². The third-order valence-electron chi connectivity index (χ3n) is 23.1. The maximum atomic E-state index is 12.8. The van der Waals surface area contributed by atoms with E-state index in [-0.39, 0.29) is 76.6 Å². The molecule has 5 aliphatic carbocycles. The van der Waals surface area contributed by atoms with E-state index in [0.29, 0.717) is 37.2 Å². The number of carbonyl (C=O) groups is 8. The highest BCUT2D eigenvalue weighted by molar-refractivity contribution is 6.03. The second-order valence-electron chi connectivity index (χ2n) is 33.6. The van der Waals surface area contributed by atoms with E-state index in [4.69, 9.17) is 33.2 Å². The van der Waals surface area contributed by atoms with Crippen LogP contribution in [-0.4, -0.2) is 121 Å². The normalized spacial score (nSPS) is 26.4. The van der Waals surface area contributed by atoms with Crippen LogP contribution in [-0.2, 0) is 86.4 Å². The molecule has 104 heavy (non-hydrogen) atoms. The number of halogens is 9. The minimum atomic E-state index is -5.89. The number of alkyl halides is 9. The standard InChI is InChI=1S/C18H20F6O6.C14H20O4.C14H22.C13H24O2.C10H18O3.C9H15F3O2/c1-4-15(2,3)12(25)28-9-7-5-8-10(9)29-13(26)16(8,6-7)14(27)30-11(17(19,20)21)18(22,23)24;1-4-14(2,3)13(16)18-10-7-5-8-9(6-7)12(15)17-11(8)10;1-6-11(2)12-7-9-13(10-8-12)14(3,4)5;1-5-12(3,4)11(14)15-13(6-2)9-7-8-10-13;1-4-10(2,3)9(11)13-8-6-5-7-12-8;1-5-8(3,4)7(13)14-6(2)9(10,11)12/h7-11H,4-6H2,1-3H3;7-11H,4-6H2,1-3H3;7-11H,6H2,1-5H3;5-10H2,1-4H3;8H,4-7H2,1-3H3;6H,5H2,1-4H3. The third-order valence-corrected chi connectivity index (χ3v) is 23.1. The summed E-state index contributed by atoms with van der Waals surface area (Å²) in [6, 6.07) is 9.08. The molecular formula is C78H119F9O17. The lowest BCUT2D eigenvalue weighted by atomic mass is 9.73. The van der Waals surface area contributed by atoms with Gasteiger partial charge in [0.15, 0.2) is 11.5 Å². The topological polar surface area (TPSA) is 220 Å². The van der Waals surface area contributed by atoms with Crippen LogP contribution < -0.4 is 0 Å². The van der Waals surface area contributed by atoms with Gasteiger partial charge in [0.2, 0.25) is 6.29 Å². The van der Waals surface area contributed by atoms with Crippen molar-refractivity contribution >= 4 is 47.8 Å². The van der Waals surface area contributed by atoms with Crippen molar-refractivity contribution < 1.29 is 121 Å². The Balaban J connectivity index is 0.000000273. The number of ether oxygens (including phenoxy) is 9. The first-order chi connectivity index (χ1) is 47.6. The molecule has 1 aromatic rings. The number of hydrogen-bond donors (Lipinski definition) is 0. The Bertz CT molecular complexity index is 3050. The Morgan fingerprint density at radius 2 is 1.00 bits per heavy atom. The molecule has 1 aromatic carbocycles. The molecule has 0 N–H and O–H groups in total. The molecule has 0 spiro atoms. The summed E-state index contributed by atoms with van der Waals surface area (Å²) in [5.74, 6) is -5.23. The third kappa shape index (κ3) is 22.2. The van der Waals surface area contributed by atoms with Crippen molar-refractivity contribution in [1.29, 1.82) is 0 Å². The van der Waals surface area contributed by atoms with Crippen LogP contribution in [0.25, 0.3) is 0 Å². The van der Waals surface area contributed by atoms with Crippen LogP contribution in [0, 0.1) is 62.1 Å². The molecule has 0 amide bonds. The minimum Gasteiger partial charge on any atom is -0.459 e. The van der Waals surface area contributed by atoms with E-state index in [9.17, 15) is 77.9 Å². The number of benzene rings is 1. The van der Waals surface area contributed by atoms with Crippen LogP contribution in [0.3, 0.4) is 0 Å². The van der Waals surface area contributed by atoms with E-state index in [0.717, 1.165) is 71.1 Å². The van der Waals surface area contributed by atoms with Crippen LogP contribution in [0.4, 0.5) is 39.5 Å². The summed E-state index contributed by atoms with van der Waals surface area (Å²) < 4.78 is 159. The number of hydrogen-bond acceptors (Lipinski definition) is 17. The molecule has 17 nitrogen and oxygen atoms in total.